The number of rotatable bonds is 5. The van der Waals surface area contributed by atoms with Crippen molar-refractivity contribution >= 4 is 28.8 Å². The fourth-order valence-corrected chi connectivity index (χ4v) is 2.62. The first-order chi connectivity index (χ1) is 12.5. The van der Waals surface area contributed by atoms with E-state index in [0.717, 1.165) is 11.6 Å². The molecule has 0 spiro atoms. The Morgan fingerprint density at radius 2 is 2.04 bits per heavy atom. The number of hydrogen-bond donors (Lipinski definition) is 1. The molecule has 1 N–H and O–H groups in total. The number of pyridine rings is 1. The van der Waals surface area contributed by atoms with E-state index in [-0.39, 0.29) is 11.1 Å². The Labute approximate surface area is 148 Å². The molecule has 2 aromatic carbocycles. The highest BCUT2D eigenvalue weighted by Gasteiger charge is 2.13. The van der Waals surface area contributed by atoms with E-state index >= 15 is 0 Å². The summed E-state index contributed by atoms with van der Waals surface area (Å²) in [5, 5.41) is 15.1. The maximum atomic E-state index is 14.3. The Morgan fingerprint density at radius 3 is 2.69 bits per heavy atom. The van der Waals surface area contributed by atoms with E-state index in [1.807, 2.05) is 30.3 Å². The standard InChI is InChI=1S/C19H16FN3O3/c1-2-23-11-14(19(25)26)18(24)13-8-15(20)16(9-17(13)23)22-21-10-12-6-4-3-5-7-12/h3-11,22H,2H2,1H3,(H,25,26)/p-1/b21-10+. The number of anilines is 1. The molecule has 26 heavy (non-hydrogen) atoms. The fraction of sp³-hybridized carbons (Fsp3) is 0.105. The van der Waals surface area contributed by atoms with Gasteiger partial charge in [0.25, 0.3) is 0 Å². The molecule has 0 bridgehead atoms. The minimum Gasteiger partial charge on any atom is -0.545 e. The van der Waals surface area contributed by atoms with Crippen molar-refractivity contribution in [1.82, 2.24) is 4.57 Å². The number of carbonyl (C=O) groups is 1. The third kappa shape index (κ3) is 3.32. The van der Waals surface area contributed by atoms with Crippen LogP contribution in [-0.2, 0) is 6.54 Å². The monoisotopic (exact) mass is 352 g/mol. The number of hydrogen-bond acceptors (Lipinski definition) is 5. The first kappa shape index (κ1) is 17.3. The summed E-state index contributed by atoms with van der Waals surface area (Å²) >= 11 is 0. The molecule has 0 aliphatic heterocycles. The van der Waals surface area contributed by atoms with Crippen molar-refractivity contribution in [3.05, 3.63) is 75.8 Å². The lowest BCUT2D eigenvalue weighted by atomic mass is 10.1. The Bertz CT molecular complexity index is 1060. The fourth-order valence-electron chi connectivity index (χ4n) is 2.62. The molecule has 0 fully saturated rings. The summed E-state index contributed by atoms with van der Waals surface area (Å²) in [6.45, 7) is 2.18. The van der Waals surface area contributed by atoms with Crippen LogP contribution in [0.25, 0.3) is 10.9 Å². The highest BCUT2D eigenvalue weighted by atomic mass is 19.1. The highest BCUT2D eigenvalue weighted by Crippen LogP contribution is 2.22. The van der Waals surface area contributed by atoms with Crippen LogP contribution >= 0.6 is 0 Å². The Morgan fingerprint density at radius 1 is 1.31 bits per heavy atom. The number of benzene rings is 2. The number of nitrogens with one attached hydrogen (secondary N) is 1. The van der Waals surface area contributed by atoms with Gasteiger partial charge in [0.2, 0.25) is 0 Å². The zero-order valence-electron chi connectivity index (χ0n) is 13.9. The molecule has 1 heterocycles. The predicted molar refractivity (Wildman–Crippen MR) is 95.8 cm³/mol. The van der Waals surface area contributed by atoms with E-state index in [1.165, 1.54) is 18.5 Å². The van der Waals surface area contributed by atoms with Crippen molar-refractivity contribution < 1.29 is 14.3 Å². The molecule has 0 atom stereocenters. The lowest BCUT2D eigenvalue weighted by molar-refractivity contribution is -0.255. The van der Waals surface area contributed by atoms with Crippen molar-refractivity contribution in [1.29, 1.82) is 0 Å². The van der Waals surface area contributed by atoms with Crippen LogP contribution in [0.2, 0.25) is 0 Å². The molecule has 1 aromatic heterocycles. The smallest absolute Gasteiger partial charge is 0.198 e. The number of carboxylic acids is 1. The summed E-state index contributed by atoms with van der Waals surface area (Å²) in [4.78, 5) is 23.4. The molecule has 0 saturated heterocycles. The van der Waals surface area contributed by atoms with Crippen LogP contribution in [0.15, 0.2) is 58.6 Å². The van der Waals surface area contributed by atoms with Gasteiger partial charge in [0.1, 0.15) is 5.82 Å². The van der Waals surface area contributed by atoms with Crippen LogP contribution in [0.3, 0.4) is 0 Å². The minimum atomic E-state index is -1.59. The number of hydrazone groups is 1. The van der Waals surface area contributed by atoms with Gasteiger partial charge < -0.3 is 14.5 Å². The van der Waals surface area contributed by atoms with Crippen LogP contribution in [0, 0.1) is 5.82 Å². The van der Waals surface area contributed by atoms with Gasteiger partial charge in [0.05, 0.1) is 29.0 Å². The van der Waals surface area contributed by atoms with E-state index in [1.54, 1.807) is 11.5 Å². The van der Waals surface area contributed by atoms with Crippen molar-refractivity contribution in [3.8, 4) is 0 Å². The Kier molecular flexibility index (Phi) is 4.79. The maximum Gasteiger partial charge on any atom is 0.198 e. The SMILES string of the molecule is CCn1cc(C(=O)[O-])c(=O)c2cc(F)c(N/N=C/c3ccccc3)cc21. The van der Waals surface area contributed by atoms with Gasteiger partial charge in [0.15, 0.2) is 5.43 Å². The van der Waals surface area contributed by atoms with Crippen LogP contribution in [0.4, 0.5) is 10.1 Å². The number of carboxylic acid groups (broad SMARTS) is 1. The number of halogens is 1. The second-order valence-electron chi connectivity index (χ2n) is 5.58. The summed E-state index contributed by atoms with van der Waals surface area (Å²) in [5.74, 6) is -2.30. The van der Waals surface area contributed by atoms with E-state index in [9.17, 15) is 19.1 Å². The first-order valence-corrected chi connectivity index (χ1v) is 7.93. The largest absolute Gasteiger partial charge is 0.545 e. The summed E-state index contributed by atoms with van der Waals surface area (Å²) in [6, 6.07) is 11.7. The average molecular weight is 352 g/mol. The van der Waals surface area contributed by atoms with E-state index in [0.29, 0.717) is 12.1 Å². The zero-order valence-corrected chi connectivity index (χ0v) is 13.9. The van der Waals surface area contributed by atoms with Crippen LogP contribution in [0.5, 0.6) is 0 Å². The van der Waals surface area contributed by atoms with Gasteiger partial charge in [-0.25, -0.2) is 4.39 Å². The molecule has 0 saturated carbocycles. The van der Waals surface area contributed by atoms with Gasteiger partial charge in [0, 0.05) is 18.1 Å². The molecular formula is C19H15FN3O3-. The molecule has 0 unspecified atom stereocenters. The molecule has 3 rings (SSSR count). The minimum absolute atomic E-state index is 0.0244. The molecule has 6 nitrogen and oxygen atoms in total. The second-order valence-corrected chi connectivity index (χ2v) is 5.58. The Balaban J connectivity index is 2.04. The van der Waals surface area contributed by atoms with Crippen molar-refractivity contribution in [2.45, 2.75) is 13.5 Å². The van der Waals surface area contributed by atoms with Gasteiger partial charge in [-0.05, 0) is 24.6 Å². The first-order valence-electron chi connectivity index (χ1n) is 7.93. The summed E-state index contributed by atoms with van der Waals surface area (Å²) in [5.41, 5.74) is 2.66. The van der Waals surface area contributed by atoms with Gasteiger partial charge in [-0.3, -0.25) is 10.2 Å². The van der Waals surface area contributed by atoms with E-state index in [4.69, 9.17) is 0 Å². The molecule has 0 amide bonds. The summed E-state index contributed by atoms with van der Waals surface area (Å²) in [6.07, 6.45) is 2.74. The number of fused-ring (bicyclic) bond motifs is 1. The highest BCUT2D eigenvalue weighted by molar-refractivity contribution is 5.92. The topological polar surface area (TPSA) is 86.5 Å². The number of aromatic carboxylic acids is 1. The Hall–Kier alpha value is -3.48. The number of carbonyl (C=O) groups excluding carboxylic acids is 1. The predicted octanol–water partition coefficient (Wildman–Crippen LogP) is 1.97. The van der Waals surface area contributed by atoms with Gasteiger partial charge in [-0.1, -0.05) is 30.3 Å². The number of aryl methyl sites for hydroxylation is 1. The van der Waals surface area contributed by atoms with E-state index < -0.39 is 22.8 Å². The summed E-state index contributed by atoms with van der Waals surface area (Å²) in [7, 11) is 0. The van der Waals surface area contributed by atoms with Crippen molar-refractivity contribution in [3.63, 3.8) is 0 Å². The maximum absolute atomic E-state index is 14.3. The van der Waals surface area contributed by atoms with Gasteiger partial charge >= 0.3 is 0 Å². The zero-order chi connectivity index (χ0) is 18.7. The normalized spacial score (nSPS) is 11.2. The molecule has 0 radical (unpaired) electrons. The molecule has 7 heteroatoms. The van der Waals surface area contributed by atoms with Crippen molar-refractivity contribution in [2.75, 3.05) is 5.43 Å². The average Bonchev–Trinajstić information content (AvgIpc) is 2.64. The van der Waals surface area contributed by atoms with Gasteiger partial charge in [-0.15, -0.1) is 0 Å². The van der Waals surface area contributed by atoms with Crippen LogP contribution < -0.4 is 16.0 Å². The van der Waals surface area contributed by atoms with Crippen LogP contribution in [0.1, 0.15) is 22.8 Å². The van der Waals surface area contributed by atoms with E-state index in [2.05, 4.69) is 10.5 Å². The van der Waals surface area contributed by atoms with Crippen molar-refractivity contribution in [2.24, 2.45) is 5.10 Å². The second kappa shape index (κ2) is 7.18. The molecule has 0 aliphatic rings. The molecular weight excluding hydrogens is 337 g/mol. The number of nitrogens with zero attached hydrogens (tertiary/aromatic N) is 2. The summed E-state index contributed by atoms with van der Waals surface area (Å²) < 4.78 is 15.9. The lowest BCUT2D eigenvalue weighted by Crippen LogP contribution is -2.30. The third-order valence-electron chi connectivity index (χ3n) is 3.93. The molecule has 3 aromatic rings. The van der Waals surface area contributed by atoms with Crippen LogP contribution in [-0.4, -0.2) is 16.8 Å². The number of aromatic nitrogens is 1. The van der Waals surface area contributed by atoms with Gasteiger partial charge in [-0.2, -0.15) is 5.10 Å². The third-order valence-corrected chi connectivity index (χ3v) is 3.93. The quantitative estimate of drug-likeness (QED) is 0.562. The molecule has 0 aliphatic carbocycles. The lowest BCUT2D eigenvalue weighted by Gasteiger charge is -2.13. The molecule has 132 valence electrons.